The molecule has 0 aromatic carbocycles. The van der Waals surface area contributed by atoms with Gasteiger partial charge in [0, 0.05) is 47.3 Å². The molecule has 1 aliphatic heterocycles. The van der Waals surface area contributed by atoms with Gasteiger partial charge in [-0.3, -0.25) is 19.3 Å². The van der Waals surface area contributed by atoms with Gasteiger partial charge in [0.25, 0.3) is 0 Å². The molecule has 1 fully saturated rings. The van der Waals surface area contributed by atoms with Crippen molar-refractivity contribution in [2.24, 2.45) is 11.8 Å². The Morgan fingerprint density at radius 2 is 1.70 bits per heavy atom. The molecule has 0 saturated carbocycles. The van der Waals surface area contributed by atoms with E-state index in [2.05, 4.69) is 24.5 Å². The van der Waals surface area contributed by atoms with Gasteiger partial charge in [-0.1, -0.05) is 34.1 Å². The van der Waals surface area contributed by atoms with Crippen LogP contribution in [0, 0.1) is 11.8 Å². The largest absolute Gasteiger partial charge is 0.378 e. The lowest BCUT2D eigenvalue weighted by molar-refractivity contribution is -0.139. The Labute approximate surface area is 184 Å². The van der Waals surface area contributed by atoms with Gasteiger partial charge in [-0.15, -0.1) is 0 Å². The Morgan fingerprint density at radius 3 is 2.30 bits per heavy atom. The van der Waals surface area contributed by atoms with Gasteiger partial charge >= 0.3 is 0 Å². The molecule has 1 aliphatic rings. The molecule has 1 rings (SSSR count). The van der Waals surface area contributed by atoms with Crippen molar-refractivity contribution in [3.8, 4) is 0 Å². The van der Waals surface area contributed by atoms with E-state index in [4.69, 9.17) is 9.47 Å². The first-order valence-electron chi connectivity index (χ1n) is 11.3. The van der Waals surface area contributed by atoms with Crippen LogP contribution in [0.15, 0.2) is 0 Å². The van der Waals surface area contributed by atoms with E-state index >= 15 is 0 Å². The Bertz CT molecular complexity index is 536. The summed E-state index contributed by atoms with van der Waals surface area (Å²) in [5.41, 5.74) is 0. The van der Waals surface area contributed by atoms with E-state index in [0.29, 0.717) is 58.4 Å². The minimum Gasteiger partial charge on any atom is -0.378 e. The van der Waals surface area contributed by atoms with E-state index in [1.807, 2.05) is 13.8 Å². The number of likely N-dealkylation sites (tertiary alicyclic amines) is 1. The zero-order valence-corrected chi connectivity index (χ0v) is 19.2. The molecule has 0 bridgehead atoms. The summed E-state index contributed by atoms with van der Waals surface area (Å²) >= 11 is 0. The fourth-order valence-electron chi connectivity index (χ4n) is 3.29. The molecule has 1 heterocycles. The van der Waals surface area contributed by atoms with Gasteiger partial charge in [-0.2, -0.15) is 0 Å². The van der Waals surface area contributed by atoms with Crippen molar-refractivity contribution in [2.45, 2.75) is 65.8 Å². The zero-order valence-electron chi connectivity index (χ0n) is 19.2. The summed E-state index contributed by atoms with van der Waals surface area (Å²) in [6, 6.07) is 0.462. The summed E-state index contributed by atoms with van der Waals surface area (Å²) < 4.78 is 10.9. The van der Waals surface area contributed by atoms with Crippen LogP contribution in [-0.4, -0.2) is 74.7 Å². The molecule has 0 spiro atoms. The molecule has 2 N–H and O–H groups in total. The molecule has 1 saturated heterocycles. The van der Waals surface area contributed by atoms with E-state index in [1.165, 1.54) is 4.90 Å². The predicted octanol–water partition coefficient (Wildman–Crippen LogP) is 2.22. The number of nitrogens with zero attached hydrogens (tertiary/aromatic N) is 1. The van der Waals surface area contributed by atoms with Crippen LogP contribution in [0.25, 0.3) is 0 Å². The summed E-state index contributed by atoms with van der Waals surface area (Å²) in [7, 11) is 0. The molecule has 0 aromatic rings. The maximum Gasteiger partial charge on any atom is 0.233 e. The van der Waals surface area contributed by atoms with Crippen LogP contribution < -0.4 is 10.6 Å². The number of unbranched alkanes of at least 4 members (excludes halogenated alkanes) is 2. The highest BCUT2D eigenvalue weighted by Gasteiger charge is 2.39. The van der Waals surface area contributed by atoms with Gasteiger partial charge in [0.1, 0.15) is 0 Å². The second kappa shape index (κ2) is 15.3. The third kappa shape index (κ3) is 11.0. The van der Waals surface area contributed by atoms with Gasteiger partial charge in [0.2, 0.25) is 17.7 Å². The minimum atomic E-state index is -0.168. The molecule has 0 aromatic heterocycles. The average molecular weight is 432 g/mol. The summed E-state index contributed by atoms with van der Waals surface area (Å²) in [5, 5.41) is 6.11. The summed E-state index contributed by atoms with van der Waals surface area (Å²) in [4.78, 5) is 37.4. The second-order valence-corrected chi connectivity index (χ2v) is 8.43. The molecular weight excluding hydrogens is 386 g/mol. The molecule has 1 unspecified atom stereocenters. The topological polar surface area (TPSA) is 97.0 Å². The molecule has 0 aliphatic carbocycles. The number of nitrogens with one attached hydrogen (secondary N) is 2. The average Bonchev–Trinajstić information content (AvgIpc) is 2.97. The minimum absolute atomic E-state index is 0. The standard InChI is InChI=1S/C22H41N3O5.2H2/c1-17(2)19-16-21(27)25(22(19)28)11-7-5-6-8-20(26)24-10-13-30-15-14-29-12-9-23-18(3)4;;/h17-19,23H,5-16H2,1-4H3,(H,24,26);2*1H. The molecule has 1 atom stereocenters. The Morgan fingerprint density at radius 1 is 1.03 bits per heavy atom. The fraction of sp³-hybridized carbons (Fsp3) is 0.864. The lowest BCUT2D eigenvalue weighted by atomic mass is 9.94. The summed E-state index contributed by atoms with van der Waals surface area (Å²) in [6.07, 6.45) is 3.08. The zero-order chi connectivity index (χ0) is 22.4. The Kier molecular flexibility index (Phi) is 13.5. The predicted molar refractivity (Wildman–Crippen MR) is 120 cm³/mol. The van der Waals surface area contributed by atoms with Crippen molar-refractivity contribution in [3.05, 3.63) is 0 Å². The van der Waals surface area contributed by atoms with Crippen molar-refractivity contribution in [3.63, 3.8) is 0 Å². The fourth-order valence-corrected chi connectivity index (χ4v) is 3.29. The quantitative estimate of drug-likeness (QED) is 0.271. The number of hydrogen-bond donors (Lipinski definition) is 2. The smallest absolute Gasteiger partial charge is 0.233 e. The number of rotatable bonds is 17. The van der Waals surface area contributed by atoms with Gasteiger partial charge < -0.3 is 20.1 Å². The summed E-state index contributed by atoms with van der Waals surface area (Å²) in [5.74, 6) is -0.0696. The van der Waals surface area contributed by atoms with Crippen LogP contribution in [-0.2, 0) is 23.9 Å². The monoisotopic (exact) mass is 431 g/mol. The maximum atomic E-state index is 12.2. The molecule has 0 radical (unpaired) electrons. The Hall–Kier alpha value is -1.51. The van der Waals surface area contributed by atoms with E-state index in [-0.39, 0.29) is 32.4 Å². The van der Waals surface area contributed by atoms with Crippen molar-refractivity contribution in [2.75, 3.05) is 46.1 Å². The first-order chi connectivity index (χ1) is 14.3. The number of ether oxygens (including phenoxy) is 2. The van der Waals surface area contributed by atoms with Gasteiger partial charge in [0.05, 0.1) is 26.4 Å². The molecule has 8 nitrogen and oxygen atoms in total. The second-order valence-electron chi connectivity index (χ2n) is 8.43. The highest BCUT2D eigenvalue weighted by atomic mass is 16.5. The molecule has 30 heavy (non-hydrogen) atoms. The number of imide groups is 1. The molecular formula is C22H45N3O5. The van der Waals surface area contributed by atoms with E-state index < -0.39 is 0 Å². The van der Waals surface area contributed by atoms with Crippen molar-refractivity contribution in [1.82, 2.24) is 15.5 Å². The van der Waals surface area contributed by atoms with E-state index in [0.717, 1.165) is 25.8 Å². The maximum absolute atomic E-state index is 12.2. The van der Waals surface area contributed by atoms with Crippen LogP contribution in [0.4, 0.5) is 0 Å². The highest BCUT2D eigenvalue weighted by molar-refractivity contribution is 6.03. The van der Waals surface area contributed by atoms with Crippen LogP contribution in [0.5, 0.6) is 0 Å². The van der Waals surface area contributed by atoms with Gasteiger partial charge in [-0.25, -0.2) is 0 Å². The third-order valence-electron chi connectivity index (χ3n) is 5.11. The van der Waals surface area contributed by atoms with E-state index in [9.17, 15) is 14.4 Å². The number of amides is 3. The highest BCUT2D eigenvalue weighted by Crippen LogP contribution is 2.26. The number of carbonyl (C=O) groups excluding carboxylic acids is 3. The molecule has 3 amide bonds. The summed E-state index contributed by atoms with van der Waals surface area (Å²) in [6.45, 7) is 12.1. The number of hydrogen-bond acceptors (Lipinski definition) is 6. The van der Waals surface area contributed by atoms with Crippen LogP contribution in [0.1, 0.15) is 62.7 Å². The van der Waals surface area contributed by atoms with Crippen molar-refractivity contribution < 1.29 is 26.7 Å². The molecule has 178 valence electrons. The lowest BCUT2D eigenvalue weighted by Crippen LogP contribution is -2.32. The normalized spacial score (nSPS) is 16.9. The van der Waals surface area contributed by atoms with Crippen molar-refractivity contribution >= 4 is 17.7 Å². The lowest BCUT2D eigenvalue weighted by Gasteiger charge is -2.16. The first kappa shape index (κ1) is 26.5. The van der Waals surface area contributed by atoms with Gasteiger partial charge in [-0.05, 0) is 18.8 Å². The van der Waals surface area contributed by atoms with Crippen LogP contribution in [0.2, 0.25) is 0 Å². The van der Waals surface area contributed by atoms with Crippen LogP contribution >= 0.6 is 0 Å². The van der Waals surface area contributed by atoms with Gasteiger partial charge in [0.15, 0.2) is 0 Å². The van der Waals surface area contributed by atoms with Crippen molar-refractivity contribution in [1.29, 1.82) is 0 Å². The number of carbonyl (C=O) groups is 3. The van der Waals surface area contributed by atoms with E-state index in [1.54, 1.807) is 0 Å². The van der Waals surface area contributed by atoms with Crippen LogP contribution in [0.3, 0.4) is 0 Å². The third-order valence-corrected chi connectivity index (χ3v) is 5.11. The molecule has 8 heteroatoms. The SMILES string of the molecule is CC(C)NCCOCCOCCNC(=O)CCCCCN1C(=O)CC(C(C)C)C1=O.[HH].[HH]. The Balaban J connectivity index is 0. The first-order valence-corrected chi connectivity index (χ1v) is 11.3.